The Morgan fingerprint density at radius 3 is 2.57 bits per heavy atom. The van der Waals surface area contributed by atoms with Crippen LogP contribution in [0.1, 0.15) is 25.0 Å². The van der Waals surface area contributed by atoms with Crippen LogP contribution in [0.5, 0.6) is 0 Å². The lowest BCUT2D eigenvalue weighted by Crippen LogP contribution is -2.48. The number of nitrogens with one attached hydrogen (secondary N) is 1. The fourth-order valence-electron chi connectivity index (χ4n) is 2.68. The molecule has 0 saturated heterocycles. The average Bonchev–Trinajstić information content (AvgIpc) is 2.67. The van der Waals surface area contributed by atoms with E-state index in [1.54, 1.807) is 17.9 Å². The highest BCUT2D eigenvalue weighted by atomic mass is 35.5. The molecule has 2 rings (SSSR count). The van der Waals surface area contributed by atoms with Gasteiger partial charge in [0, 0.05) is 28.9 Å². The van der Waals surface area contributed by atoms with E-state index < -0.39 is 6.04 Å². The zero-order valence-electron chi connectivity index (χ0n) is 16.0. The lowest BCUT2D eigenvalue weighted by molar-refractivity contribution is -0.138. The maximum atomic E-state index is 12.9. The van der Waals surface area contributed by atoms with Gasteiger partial charge in [-0.25, -0.2) is 0 Å². The summed E-state index contributed by atoms with van der Waals surface area (Å²) in [5, 5.41) is 4.07. The number of benzene rings is 2. The lowest BCUT2D eigenvalue weighted by atomic mass is 10.1. The molecule has 0 bridgehead atoms. The minimum atomic E-state index is -0.577. The molecule has 0 aromatic heterocycles. The molecular formula is C21H24Cl2N2O2S. The second kappa shape index (κ2) is 11.3. The number of hydrogen-bond acceptors (Lipinski definition) is 3. The molecule has 2 amide bonds. The van der Waals surface area contributed by atoms with Crippen molar-refractivity contribution in [3.63, 3.8) is 0 Å². The maximum absolute atomic E-state index is 12.9. The van der Waals surface area contributed by atoms with Crippen LogP contribution in [0.2, 0.25) is 10.0 Å². The zero-order chi connectivity index (χ0) is 20.5. The molecule has 7 heteroatoms. The molecular weight excluding hydrogens is 415 g/mol. The van der Waals surface area contributed by atoms with Gasteiger partial charge in [0.15, 0.2) is 0 Å². The van der Waals surface area contributed by atoms with Gasteiger partial charge >= 0.3 is 0 Å². The number of carbonyl (C=O) groups excluding carboxylic acids is 2. The van der Waals surface area contributed by atoms with Gasteiger partial charge in [-0.1, -0.05) is 53.5 Å². The third-order valence-electron chi connectivity index (χ3n) is 4.20. The third kappa shape index (κ3) is 6.73. The minimum Gasteiger partial charge on any atom is -0.355 e. The molecule has 0 aliphatic rings. The number of nitrogens with zero attached hydrogens (tertiary/aromatic N) is 1. The number of amides is 2. The fourth-order valence-corrected chi connectivity index (χ4v) is 4.09. The van der Waals surface area contributed by atoms with E-state index in [0.29, 0.717) is 28.9 Å². The molecule has 28 heavy (non-hydrogen) atoms. The SMILES string of the molecule is CCNC(=O)[C@@H](C)N(Cc1cccc(Cl)c1)C(=O)CSCc1ccccc1Cl. The van der Waals surface area contributed by atoms with Crippen LogP contribution in [0.4, 0.5) is 0 Å². The fraction of sp³-hybridized carbons (Fsp3) is 0.333. The molecule has 0 aliphatic heterocycles. The average molecular weight is 439 g/mol. The summed E-state index contributed by atoms with van der Waals surface area (Å²) in [5.41, 5.74) is 1.87. The van der Waals surface area contributed by atoms with Crippen LogP contribution in [-0.2, 0) is 21.9 Å². The van der Waals surface area contributed by atoms with Gasteiger partial charge in [0.2, 0.25) is 11.8 Å². The Bertz CT molecular complexity index is 816. The standard InChI is InChI=1S/C21H24Cl2N2O2S/c1-3-24-21(27)15(2)25(12-16-7-6-9-18(22)11-16)20(26)14-28-13-17-8-4-5-10-19(17)23/h4-11,15H,3,12-14H2,1-2H3,(H,24,27)/t15-/m1/s1. The second-order valence-electron chi connectivity index (χ2n) is 6.31. The van der Waals surface area contributed by atoms with Gasteiger partial charge in [-0.3, -0.25) is 9.59 Å². The second-order valence-corrected chi connectivity index (χ2v) is 8.14. The Morgan fingerprint density at radius 2 is 1.89 bits per heavy atom. The van der Waals surface area contributed by atoms with Crippen LogP contribution >= 0.6 is 35.0 Å². The summed E-state index contributed by atoms with van der Waals surface area (Å²) in [4.78, 5) is 26.8. The van der Waals surface area contributed by atoms with Crippen molar-refractivity contribution in [3.8, 4) is 0 Å². The molecule has 0 heterocycles. The van der Waals surface area contributed by atoms with Crippen LogP contribution < -0.4 is 5.32 Å². The summed E-state index contributed by atoms with van der Waals surface area (Å²) >= 11 is 13.7. The van der Waals surface area contributed by atoms with Crippen molar-refractivity contribution in [2.75, 3.05) is 12.3 Å². The van der Waals surface area contributed by atoms with E-state index in [1.807, 2.05) is 49.4 Å². The highest BCUT2D eigenvalue weighted by Gasteiger charge is 2.25. The molecule has 1 atom stereocenters. The van der Waals surface area contributed by atoms with Crippen LogP contribution in [0.15, 0.2) is 48.5 Å². The van der Waals surface area contributed by atoms with Crippen molar-refractivity contribution in [1.82, 2.24) is 10.2 Å². The maximum Gasteiger partial charge on any atom is 0.242 e. The number of thioether (sulfide) groups is 1. The van der Waals surface area contributed by atoms with Crippen LogP contribution in [0.25, 0.3) is 0 Å². The van der Waals surface area contributed by atoms with Gasteiger partial charge in [-0.05, 0) is 43.2 Å². The molecule has 0 saturated carbocycles. The first kappa shape index (κ1) is 22.6. The summed E-state index contributed by atoms with van der Waals surface area (Å²) in [5.74, 6) is 0.617. The van der Waals surface area contributed by atoms with Crippen molar-refractivity contribution < 1.29 is 9.59 Å². The summed E-state index contributed by atoms with van der Waals surface area (Å²) in [6.07, 6.45) is 0. The number of rotatable bonds is 9. The lowest BCUT2D eigenvalue weighted by Gasteiger charge is -2.28. The normalized spacial score (nSPS) is 11.7. The molecule has 0 fully saturated rings. The van der Waals surface area contributed by atoms with E-state index in [4.69, 9.17) is 23.2 Å². The van der Waals surface area contributed by atoms with Crippen molar-refractivity contribution in [3.05, 3.63) is 69.7 Å². The highest BCUT2D eigenvalue weighted by Crippen LogP contribution is 2.22. The van der Waals surface area contributed by atoms with Crippen molar-refractivity contribution in [2.45, 2.75) is 32.2 Å². The first-order chi connectivity index (χ1) is 13.4. The first-order valence-electron chi connectivity index (χ1n) is 9.05. The molecule has 4 nitrogen and oxygen atoms in total. The molecule has 0 unspecified atom stereocenters. The Balaban J connectivity index is 2.07. The van der Waals surface area contributed by atoms with Crippen molar-refractivity contribution >= 4 is 46.8 Å². The summed E-state index contributed by atoms with van der Waals surface area (Å²) in [6, 6.07) is 14.3. The predicted octanol–water partition coefficient (Wildman–Crippen LogP) is 4.78. The number of hydrogen-bond donors (Lipinski definition) is 1. The van der Waals surface area contributed by atoms with Gasteiger partial charge in [-0.2, -0.15) is 0 Å². The van der Waals surface area contributed by atoms with Crippen LogP contribution in [-0.4, -0.2) is 35.1 Å². The summed E-state index contributed by atoms with van der Waals surface area (Å²) in [6.45, 7) is 4.44. The van der Waals surface area contributed by atoms with Gasteiger partial charge < -0.3 is 10.2 Å². The zero-order valence-corrected chi connectivity index (χ0v) is 18.3. The number of carbonyl (C=O) groups is 2. The van der Waals surface area contributed by atoms with Crippen molar-refractivity contribution in [2.24, 2.45) is 0 Å². The van der Waals surface area contributed by atoms with Crippen LogP contribution in [0.3, 0.4) is 0 Å². The molecule has 0 aliphatic carbocycles. The van der Waals surface area contributed by atoms with Crippen molar-refractivity contribution in [1.29, 1.82) is 0 Å². The molecule has 150 valence electrons. The van der Waals surface area contributed by atoms with E-state index >= 15 is 0 Å². The summed E-state index contributed by atoms with van der Waals surface area (Å²) < 4.78 is 0. The molecule has 2 aromatic rings. The van der Waals surface area contributed by atoms with E-state index in [9.17, 15) is 9.59 Å². The molecule has 2 aromatic carbocycles. The monoisotopic (exact) mass is 438 g/mol. The quantitative estimate of drug-likeness (QED) is 0.612. The Morgan fingerprint density at radius 1 is 1.14 bits per heavy atom. The Hall–Kier alpha value is -1.69. The first-order valence-corrected chi connectivity index (χ1v) is 11.0. The van der Waals surface area contributed by atoms with Gasteiger partial charge in [0.25, 0.3) is 0 Å². The molecule has 0 spiro atoms. The van der Waals surface area contributed by atoms with Gasteiger partial charge in [-0.15, -0.1) is 11.8 Å². The number of likely N-dealkylation sites (N-methyl/N-ethyl adjacent to an activating group) is 1. The van der Waals surface area contributed by atoms with Gasteiger partial charge in [0.1, 0.15) is 6.04 Å². The topological polar surface area (TPSA) is 49.4 Å². The Labute approximate surface area is 180 Å². The van der Waals surface area contributed by atoms with Crippen LogP contribution in [0, 0.1) is 0 Å². The third-order valence-corrected chi connectivity index (χ3v) is 5.77. The highest BCUT2D eigenvalue weighted by molar-refractivity contribution is 7.99. The minimum absolute atomic E-state index is 0.101. The predicted molar refractivity (Wildman–Crippen MR) is 118 cm³/mol. The van der Waals surface area contributed by atoms with E-state index in [2.05, 4.69) is 5.32 Å². The van der Waals surface area contributed by atoms with E-state index in [0.717, 1.165) is 11.1 Å². The number of halogens is 2. The largest absolute Gasteiger partial charge is 0.355 e. The smallest absolute Gasteiger partial charge is 0.242 e. The molecule has 0 radical (unpaired) electrons. The van der Waals surface area contributed by atoms with Gasteiger partial charge in [0.05, 0.1) is 5.75 Å². The Kier molecular flexibility index (Phi) is 9.16. The van der Waals surface area contributed by atoms with E-state index in [-0.39, 0.29) is 17.6 Å². The summed E-state index contributed by atoms with van der Waals surface area (Å²) in [7, 11) is 0. The molecule has 1 N–H and O–H groups in total. The van der Waals surface area contributed by atoms with E-state index in [1.165, 1.54) is 11.8 Å².